The van der Waals surface area contributed by atoms with E-state index in [2.05, 4.69) is 0 Å². The number of fused-ring (bicyclic) bond motifs is 1. The van der Waals surface area contributed by atoms with Gasteiger partial charge in [-0.05, 0) is 16.8 Å². The molecule has 0 radical (unpaired) electrons. The van der Waals surface area contributed by atoms with Crippen LogP contribution in [0.5, 0.6) is 0 Å². The van der Waals surface area contributed by atoms with Gasteiger partial charge >= 0.3 is 80.8 Å². The Kier molecular flexibility index (Phi) is 5.24. The van der Waals surface area contributed by atoms with E-state index in [1.54, 1.807) is 30.3 Å². The van der Waals surface area contributed by atoms with Crippen LogP contribution in [0.2, 0.25) is 0 Å². The van der Waals surface area contributed by atoms with Crippen molar-refractivity contribution in [3.63, 3.8) is 0 Å². The van der Waals surface area contributed by atoms with Gasteiger partial charge in [-0.25, -0.2) is 9.59 Å². The summed E-state index contributed by atoms with van der Waals surface area (Å²) in [6.07, 6.45) is 0. The van der Waals surface area contributed by atoms with Crippen LogP contribution >= 0.6 is 0 Å². The normalized spacial score (nSPS) is 9.65. The van der Waals surface area contributed by atoms with Crippen LogP contribution in [0, 0.1) is 0 Å². The maximum Gasteiger partial charge on any atom is 1.00 e. The second kappa shape index (κ2) is 6.03. The molecule has 0 saturated carbocycles. The summed E-state index contributed by atoms with van der Waals surface area (Å²) in [6, 6.07) is 9.72. The second-order valence-electron chi connectivity index (χ2n) is 3.32. The molecule has 0 unspecified atom stereocenters. The first-order valence-corrected chi connectivity index (χ1v) is 4.59. The van der Waals surface area contributed by atoms with Gasteiger partial charge in [0.15, 0.2) is 0 Å². The Bertz CT molecular complexity index is 598. The number of benzene rings is 2. The number of carbonyl (C=O) groups is 2. The third-order valence-electron chi connectivity index (χ3n) is 2.37. The summed E-state index contributed by atoms with van der Waals surface area (Å²) >= 11 is 0. The fraction of sp³-hybridized carbons (Fsp3) is 0. The number of aromatic carboxylic acids is 2. The summed E-state index contributed by atoms with van der Waals surface area (Å²) in [6.45, 7) is 0. The van der Waals surface area contributed by atoms with Gasteiger partial charge < -0.3 is 11.6 Å². The van der Waals surface area contributed by atoms with E-state index in [9.17, 15) is 9.59 Å². The standard InChI is InChI=1S/C12H8O4.Cs.H/c13-11(14)9-6-5-7-3-1-2-4-8(7)10(9)12(15)16;;/h1-6H,(H,13,14)(H,15,16);;/q;+1;-1. The van der Waals surface area contributed by atoms with E-state index in [0.29, 0.717) is 10.8 Å². The van der Waals surface area contributed by atoms with Gasteiger partial charge in [0.25, 0.3) is 0 Å². The molecule has 0 fully saturated rings. The van der Waals surface area contributed by atoms with Crippen LogP contribution in [0.3, 0.4) is 0 Å². The Morgan fingerprint density at radius 3 is 2.18 bits per heavy atom. The molecule has 0 aliphatic rings. The molecule has 0 saturated heterocycles. The van der Waals surface area contributed by atoms with E-state index < -0.39 is 11.9 Å². The van der Waals surface area contributed by atoms with Gasteiger partial charge in [0.2, 0.25) is 0 Å². The van der Waals surface area contributed by atoms with Crippen LogP contribution in [0.25, 0.3) is 10.8 Å². The molecule has 2 aromatic carbocycles. The van der Waals surface area contributed by atoms with Crippen molar-refractivity contribution in [2.24, 2.45) is 0 Å². The Morgan fingerprint density at radius 1 is 0.941 bits per heavy atom. The molecule has 0 heterocycles. The smallest absolute Gasteiger partial charge is 1.00 e. The van der Waals surface area contributed by atoms with Crippen LogP contribution in [0.1, 0.15) is 22.1 Å². The Labute approximate surface area is 158 Å². The molecule has 5 heteroatoms. The van der Waals surface area contributed by atoms with Gasteiger partial charge in [-0.2, -0.15) is 0 Å². The van der Waals surface area contributed by atoms with Crippen molar-refractivity contribution in [3.8, 4) is 0 Å². The topological polar surface area (TPSA) is 74.6 Å². The van der Waals surface area contributed by atoms with Crippen molar-refractivity contribution >= 4 is 22.7 Å². The van der Waals surface area contributed by atoms with E-state index >= 15 is 0 Å². The van der Waals surface area contributed by atoms with Crippen molar-refractivity contribution < 1.29 is 90.1 Å². The third-order valence-corrected chi connectivity index (χ3v) is 2.37. The third kappa shape index (κ3) is 2.93. The van der Waals surface area contributed by atoms with E-state index in [1.165, 1.54) is 6.07 Å². The average molecular weight is 350 g/mol. The molecule has 0 atom stereocenters. The van der Waals surface area contributed by atoms with Crippen LogP contribution in [0.4, 0.5) is 0 Å². The number of carboxylic acids is 2. The summed E-state index contributed by atoms with van der Waals surface area (Å²) in [5.74, 6) is -2.46. The molecule has 2 aromatic rings. The predicted octanol–water partition coefficient (Wildman–Crippen LogP) is -0.647. The molecule has 0 aliphatic heterocycles. The molecular formula is C12H9CsO4. The van der Waals surface area contributed by atoms with E-state index in [1.807, 2.05) is 0 Å². The minimum atomic E-state index is -1.23. The zero-order valence-electron chi connectivity index (χ0n) is 10.2. The van der Waals surface area contributed by atoms with Crippen molar-refractivity contribution in [1.29, 1.82) is 0 Å². The molecule has 82 valence electrons. The van der Waals surface area contributed by atoms with Crippen LogP contribution in [-0.4, -0.2) is 22.2 Å². The summed E-state index contributed by atoms with van der Waals surface area (Å²) in [4.78, 5) is 22.0. The average Bonchev–Trinajstić information content (AvgIpc) is 2.27. The number of rotatable bonds is 2. The zero-order chi connectivity index (χ0) is 11.7. The Morgan fingerprint density at radius 2 is 1.59 bits per heavy atom. The minimum Gasteiger partial charge on any atom is -1.00 e. The molecule has 0 spiro atoms. The number of hydrogen-bond donors (Lipinski definition) is 2. The van der Waals surface area contributed by atoms with Gasteiger partial charge in [-0.15, -0.1) is 0 Å². The first-order chi connectivity index (χ1) is 7.61. The van der Waals surface area contributed by atoms with Gasteiger partial charge in [0, 0.05) is 0 Å². The molecule has 0 aromatic heterocycles. The summed E-state index contributed by atoms with van der Waals surface area (Å²) in [5, 5.41) is 19.1. The molecule has 17 heavy (non-hydrogen) atoms. The molecule has 0 bridgehead atoms. The monoisotopic (exact) mass is 350 g/mol. The fourth-order valence-electron chi connectivity index (χ4n) is 1.68. The second-order valence-corrected chi connectivity index (χ2v) is 3.32. The number of hydrogen-bond acceptors (Lipinski definition) is 2. The molecule has 4 nitrogen and oxygen atoms in total. The van der Waals surface area contributed by atoms with Crippen LogP contribution < -0.4 is 68.9 Å². The minimum absolute atomic E-state index is 0. The van der Waals surface area contributed by atoms with Gasteiger partial charge in [0.05, 0.1) is 11.1 Å². The zero-order valence-corrected chi connectivity index (χ0v) is 15.5. The summed E-state index contributed by atoms with van der Waals surface area (Å²) in [5.41, 5.74) is -0.350. The largest absolute Gasteiger partial charge is 1.00 e. The first-order valence-electron chi connectivity index (χ1n) is 4.59. The van der Waals surface area contributed by atoms with Gasteiger partial charge in [-0.3, -0.25) is 0 Å². The van der Waals surface area contributed by atoms with Gasteiger partial charge in [0.1, 0.15) is 0 Å². The predicted molar refractivity (Wildman–Crippen MR) is 59.0 cm³/mol. The Balaban J connectivity index is 0.00000144. The quantitative estimate of drug-likeness (QED) is 0.755. The van der Waals surface area contributed by atoms with Crippen molar-refractivity contribution in [2.45, 2.75) is 0 Å². The van der Waals surface area contributed by atoms with Crippen LogP contribution in [0.15, 0.2) is 36.4 Å². The maximum absolute atomic E-state index is 11.1. The van der Waals surface area contributed by atoms with Crippen molar-refractivity contribution in [2.75, 3.05) is 0 Å². The summed E-state index contributed by atoms with van der Waals surface area (Å²) in [7, 11) is 0. The van der Waals surface area contributed by atoms with E-state index in [0.717, 1.165) is 0 Å². The fourth-order valence-corrected chi connectivity index (χ4v) is 1.68. The molecule has 2 N–H and O–H groups in total. The molecule has 0 aliphatic carbocycles. The molecule has 0 amide bonds. The van der Waals surface area contributed by atoms with E-state index in [-0.39, 0.29) is 81.4 Å². The summed E-state index contributed by atoms with van der Waals surface area (Å²) < 4.78 is 0. The molecular weight excluding hydrogens is 341 g/mol. The Hall–Kier alpha value is -0.308. The van der Waals surface area contributed by atoms with E-state index in [4.69, 9.17) is 10.2 Å². The SMILES string of the molecule is O=C(O)c1ccc2ccccc2c1C(=O)O.[Cs+].[H-]. The molecule has 2 rings (SSSR count). The first kappa shape index (κ1) is 14.8. The number of carboxylic acid groups (broad SMARTS) is 2. The van der Waals surface area contributed by atoms with Gasteiger partial charge in [-0.1, -0.05) is 30.3 Å². The van der Waals surface area contributed by atoms with Crippen LogP contribution in [-0.2, 0) is 0 Å². The van der Waals surface area contributed by atoms with Crippen molar-refractivity contribution in [1.82, 2.24) is 0 Å². The van der Waals surface area contributed by atoms with Crippen molar-refractivity contribution in [3.05, 3.63) is 47.5 Å². The maximum atomic E-state index is 11.1.